The molecule has 0 fully saturated rings. The zero-order valence-electron chi connectivity index (χ0n) is 10.8. The number of carbonyl (C=O) groups is 2. The van der Waals surface area contributed by atoms with Crippen molar-refractivity contribution in [3.05, 3.63) is 16.1 Å². The fourth-order valence-corrected chi connectivity index (χ4v) is 2.13. The molecule has 0 aliphatic rings. The van der Waals surface area contributed by atoms with Crippen molar-refractivity contribution in [2.24, 2.45) is 5.73 Å². The molecule has 1 unspecified atom stereocenters. The quantitative estimate of drug-likeness (QED) is 0.749. The first-order valence-electron chi connectivity index (χ1n) is 5.66. The van der Waals surface area contributed by atoms with E-state index in [0.717, 1.165) is 0 Å². The molecule has 0 radical (unpaired) electrons. The fraction of sp³-hybridized carbons (Fsp3) is 0.545. The first-order chi connectivity index (χ1) is 8.95. The van der Waals surface area contributed by atoms with Crippen LogP contribution in [-0.4, -0.2) is 53.7 Å². The Morgan fingerprint density at radius 3 is 2.79 bits per heavy atom. The number of aliphatic carboxylic acids is 1. The van der Waals surface area contributed by atoms with Crippen molar-refractivity contribution in [2.75, 3.05) is 26.8 Å². The van der Waals surface area contributed by atoms with Crippen LogP contribution in [0.15, 0.2) is 5.38 Å². The number of methoxy groups -OCH3 is 1. The molecule has 1 aromatic rings. The second kappa shape index (κ2) is 7.17. The highest BCUT2D eigenvalue weighted by molar-refractivity contribution is 7.09. The van der Waals surface area contributed by atoms with Gasteiger partial charge in [0.15, 0.2) is 0 Å². The van der Waals surface area contributed by atoms with Gasteiger partial charge in [-0.05, 0) is 6.92 Å². The van der Waals surface area contributed by atoms with E-state index >= 15 is 0 Å². The molecule has 106 valence electrons. The first kappa shape index (κ1) is 15.5. The fourth-order valence-electron chi connectivity index (χ4n) is 1.37. The zero-order chi connectivity index (χ0) is 14.4. The summed E-state index contributed by atoms with van der Waals surface area (Å²) < 4.78 is 4.86. The van der Waals surface area contributed by atoms with Crippen LogP contribution >= 0.6 is 11.3 Å². The van der Waals surface area contributed by atoms with E-state index in [4.69, 9.17) is 15.6 Å². The Hall–Kier alpha value is -1.51. The van der Waals surface area contributed by atoms with Crippen LogP contribution in [0.5, 0.6) is 0 Å². The number of ether oxygens (including phenoxy) is 1. The lowest BCUT2D eigenvalue weighted by molar-refractivity contribution is -0.137. The Labute approximate surface area is 115 Å². The molecule has 7 nitrogen and oxygen atoms in total. The molecule has 1 heterocycles. The number of hydrogen-bond donors (Lipinski definition) is 2. The lowest BCUT2D eigenvalue weighted by Crippen LogP contribution is -2.38. The molecule has 0 aromatic carbocycles. The number of rotatable bonds is 7. The zero-order valence-corrected chi connectivity index (χ0v) is 11.6. The lowest BCUT2D eigenvalue weighted by atomic mass is 10.3. The number of carbonyl (C=O) groups excluding carboxylic acids is 1. The van der Waals surface area contributed by atoms with Crippen LogP contribution in [0, 0.1) is 0 Å². The molecule has 19 heavy (non-hydrogen) atoms. The van der Waals surface area contributed by atoms with Gasteiger partial charge in [0.05, 0.1) is 12.6 Å². The monoisotopic (exact) mass is 287 g/mol. The van der Waals surface area contributed by atoms with Crippen molar-refractivity contribution in [3.63, 3.8) is 0 Å². The van der Waals surface area contributed by atoms with Gasteiger partial charge in [-0.3, -0.25) is 9.59 Å². The molecular weight excluding hydrogens is 270 g/mol. The third kappa shape index (κ3) is 4.58. The Kier molecular flexibility index (Phi) is 5.87. The number of carboxylic acid groups (broad SMARTS) is 1. The molecule has 8 heteroatoms. The van der Waals surface area contributed by atoms with Gasteiger partial charge < -0.3 is 20.5 Å². The van der Waals surface area contributed by atoms with Crippen molar-refractivity contribution in [3.8, 4) is 0 Å². The summed E-state index contributed by atoms with van der Waals surface area (Å²) in [6.45, 7) is 1.86. The Morgan fingerprint density at radius 2 is 2.32 bits per heavy atom. The minimum Gasteiger partial charge on any atom is -0.480 e. The van der Waals surface area contributed by atoms with Crippen molar-refractivity contribution < 1.29 is 19.4 Å². The van der Waals surface area contributed by atoms with Gasteiger partial charge in [0, 0.05) is 19.0 Å². The van der Waals surface area contributed by atoms with Gasteiger partial charge >= 0.3 is 5.97 Å². The predicted molar refractivity (Wildman–Crippen MR) is 70.1 cm³/mol. The van der Waals surface area contributed by atoms with Crippen LogP contribution < -0.4 is 5.73 Å². The maximum atomic E-state index is 12.1. The Morgan fingerprint density at radius 1 is 1.63 bits per heavy atom. The summed E-state index contributed by atoms with van der Waals surface area (Å²) in [5, 5.41) is 11.0. The second-order valence-electron chi connectivity index (χ2n) is 3.97. The number of thiazole rings is 1. The number of hydrogen-bond acceptors (Lipinski definition) is 6. The molecule has 1 atom stereocenters. The van der Waals surface area contributed by atoms with Gasteiger partial charge in [0.25, 0.3) is 5.91 Å². The standard InChI is InChI=1S/C11H17N3O4S/c1-7(12)10-13-8(6-19-10)11(17)14(3-4-18-2)5-9(15)16/h6-7H,3-5,12H2,1-2H3,(H,15,16). The highest BCUT2D eigenvalue weighted by Gasteiger charge is 2.21. The average molecular weight is 287 g/mol. The van der Waals surface area contributed by atoms with Crippen LogP contribution in [0.4, 0.5) is 0 Å². The molecule has 0 saturated carbocycles. The van der Waals surface area contributed by atoms with Crippen molar-refractivity contribution in [1.82, 2.24) is 9.88 Å². The van der Waals surface area contributed by atoms with E-state index in [1.165, 1.54) is 23.3 Å². The van der Waals surface area contributed by atoms with Gasteiger partial charge in [-0.25, -0.2) is 4.98 Å². The maximum absolute atomic E-state index is 12.1. The minimum absolute atomic E-state index is 0.201. The molecule has 0 spiro atoms. The third-order valence-electron chi connectivity index (χ3n) is 2.31. The van der Waals surface area contributed by atoms with Gasteiger partial charge in [0.1, 0.15) is 17.2 Å². The van der Waals surface area contributed by atoms with Gasteiger partial charge in [-0.2, -0.15) is 0 Å². The highest BCUT2D eigenvalue weighted by atomic mass is 32.1. The normalized spacial score (nSPS) is 12.2. The van der Waals surface area contributed by atoms with E-state index < -0.39 is 11.9 Å². The SMILES string of the molecule is COCCN(CC(=O)O)C(=O)c1csc(C(C)N)n1. The maximum Gasteiger partial charge on any atom is 0.323 e. The molecule has 0 bridgehead atoms. The van der Waals surface area contributed by atoms with E-state index in [1.54, 1.807) is 12.3 Å². The molecular formula is C11H17N3O4S. The molecule has 1 aromatic heterocycles. The lowest BCUT2D eigenvalue weighted by Gasteiger charge is -2.19. The second-order valence-corrected chi connectivity index (χ2v) is 4.86. The summed E-state index contributed by atoms with van der Waals surface area (Å²) >= 11 is 1.28. The smallest absolute Gasteiger partial charge is 0.323 e. The van der Waals surface area contributed by atoms with E-state index in [9.17, 15) is 9.59 Å². The predicted octanol–water partition coefficient (Wildman–Crippen LogP) is 0.336. The third-order valence-corrected chi connectivity index (χ3v) is 3.35. The van der Waals surface area contributed by atoms with Crippen LogP contribution in [-0.2, 0) is 9.53 Å². The number of aromatic nitrogens is 1. The summed E-state index contributed by atoms with van der Waals surface area (Å²) in [5.41, 5.74) is 5.89. The molecule has 0 saturated heterocycles. The highest BCUT2D eigenvalue weighted by Crippen LogP contribution is 2.17. The molecule has 0 aliphatic heterocycles. The van der Waals surface area contributed by atoms with Crippen molar-refractivity contribution >= 4 is 23.2 Å². The number of carboxylic acids is 1. The summed E-state index contributed by atoms with van der Waals surface area (Å²) in [4.78, 5) is 28.2. The van der Waals surface area contributed by atoms with Crippen LogP contribution in [0.3, 0.4) is 0 Å². The van der Waals surface area contributed by atoms with E-state index in [1.807, 2.05) is 0 Å². The molecule has 0 aliphatic carbocycles. The van der Waals surface area contributed by atoms with Crippen molar-refractivity contribution in [1.29, 1.82) is 0 Å². The molecule has 1 rings (SSSR count). The summed E-state index contributed by atoms with van der Waals surface area (Å²) in [6, 6.07) is -0.251. The van der Waals surface area contributed by atoms with Gasteiger partial charge in [-0.1, -0.05) is 0 Å². The minimum atomic E-state index is -1.08. The van der Waals surface area contributed by atoms with Gasteiger partial charge in [0.2, 0.25) is 0 Å². The Bertz CT molecular complexity index is 447. The average Bonchev–Trinajstić information content (AvgIpc) is 2.82. The van der Waals surface area contributed by atoms with Crippen LogP contribution in [0.25, 0.3) is 0 Å². The van der Waals surface area contributed by atoms with Crippen molar-refractivity contribution in [2.45, 2.75) is 13.0 Å². The summed E-state index contributed by atoms with van der Waals surface area (Å²) in [7, 11) is 1.49. The largest absolute Gasteiger partial charge is 0.480 e. The Balaban J connectivity index is 2.81. The first-order valence-corrected chi connectivity index (χ1v) is 6.54. The summed E-state index contributed by atoms with van der Waals surface area (Å²) in [5.74, 6) is -1.50. The van der Waals surface area contributed by atoms with Crippen LogP contribution in [0.2, 0.25) is 0 Å². The molecule has 3 N–H and O–H groups in total. The molecule has 1 amide bonds. The number of nitrogens with two attached hydrogens (primary N) is 1. The van der Waals surface area contributed by atoms with E-state index in [-0.39, 0.29) is 31.4 Å². The number of amides is 1. The number of nitrogens with zero attached hydrogens (tertiary/aromatic N) is 2. The summed E-state index contributed by atoms with van der Waals surface area (Å²) in [6.07, 6.45) is 0. The topological polar surface area (TPSA) is 106 Å². The van der Waals surface area contributed by atoms with Crippen LogP contribution in [0.1, 0.15) is 28.5 Å². The van der Waals surface area contributed by atoms with E-state index in [2.05, 4.69) is 4.98 Å². The van der Waals surface area contributed by atoms with Gasteiger partial charge in [-0.15, -0.1) is 11.3 Å². The van der Waals surface area contributed by atoms with E-state index in [0.29, 0.717) is 5.01 Å².